The second kappa shape index (κ2) is 7.09. The van der Waals surface area contributed by atoms with E-state index in [1.165, 1.54) is 6.07 Å². The van der Waals surface area contributed by atoms with Crippen LogP contribution in [0.25, 0.3) is 0 Å². The third-order valence-electron chi connectivity index (χ3n) is 4.13. The van der Waals surface area contributed by atoms with E-state index in [1.807, 2.05) is 31.2 Å². The molecule has 0 aromatic heterocycles. The minimum Gasteiger partial charge on any atom is -0.386 e. The van der Waals surface area contributed by atoms with Crippen molar-refractivity contribution in [1.29, 1.82) is 0 Å². The monoisotopic (exact) mass is 333 g/mol. The Morgan fingerprint density at radius 1 is 1.12 bits per heavy atom. The highest BCUT2D eigenvalue weighted by atomic mass is 19.1. The highest BCUT2D eigenvalue weighted by molar-refractivity contribution is 5.87. The third-order valence-corrected chi connectivity index (χ3v) is 4.13. The summed E-state index contributed by atoms with van der Waals surface area (Å²) < 4.78 is 27.3. The molecule has 24 heavy (non-hydrogen) atoms. The molecule has 0 heterocycles. The zero-order valence-corrected chi connectivity index (χ0v) is 13.9. The molecule has 1 unspecified atom stereocenters. The SMILES string of the molecule is Cc1ccc(C(C)(C)C(=O)NCC(O)c2c(F)cccc2F)cc1. The fourth-order valence-electron chi connectivity index (χ4n) is 2.44. The van der Waals surface area contributed by atoms with Crippen molar-refractivity contribution in [2.45, 2.75) is 32.3 Å². The van der Waals surface area contributed by atoms with Gasteiger partial charge in [-0.25, -0.2) is 8.78 Å². The van der Waals surface area contributed by atoms with Crippen LogP contribution in [-0.4, -0.2) is 17.6 Å². The fourth-order valence-corrected chi connectivity index (χ4v) is 2.44. The molecular formula is C19H21F2NO2. The van der Waals surface area contributed by atoms with Gasteiger partial charge in [0.25, 0.3) is 0 Å². The number of rotatable bonds is 5. The van der Waals surface area contributed by atoms with Gasteiger partial charge in [-0.1, -0.05) is 35.9 Å². The maximum absolute atomic E-state index is 13.6. The summed E-state index contributed by atoms with van der Waals surface area (Å²) in [5.74, 6) is -2.01. The molecule has 0 saturated heterocycles. The summed E-state index contributed by atoms with van der Waals surface area (Å²) in [4.78, 5) is 12.4. The van der Waals surface area contributed by atoms with Crippen LogP contribution in [-0.2, 0) is 10.2 Å². The number of hydrogen-bond acceptors (Lipinski definition) is 2. The van der Waals surface area contributed by atoms with Crippen molar-refractivity contribution in [3.8, 4) is 0 Å². The first-order valence-corrected chi connectivity index (χ1v) is 7.71. The van der Waals surface area contributed by atoms with Gasteiger partial charge in [0.2, 0.25) is 5.91 Å². The van der Waals surface area contributed by atoms with Gasteiger partial charge in [0.1, 0.15) is 17.7 Å². The molecule has 1 atom stereocenters. The van der Waals surface area contributed by atoms with E-state index in [-0.39, 0.29) is 12.5 Å². The van der Waals surface area contributed by atoms with E-state index < -0.39 is 28.7 Å². The number of hydrogen-bond donors (Lipinski definition) is 2. The molecule has 2 aromatic rings. The van der Waals surface area contributed by atoms with Crippen LogP contribution in [0, 0.1) is 18.6 Å². The van der Waals surface area contributed by atoms with Gasteiger partial charge in [-0.15, -0.1) is 0 Å². The zero-order valence-electron chi connectivity index (χ0n) is 13.9. The van der Waals surface area contributed by atoms with E-state index in [4.69, 9.17) is 0 Å². The van der Waals surface area contributed by atoms with Gasteiger partial charge < -0.3 is 10.4 Å². The molecule has 2 aromatic carbocycles. The molecule has 5 heteroatoms. The van der Waals surface area contributed by atoms with E-state index in [2.05, 4.69) is 5.32 Å². The summed E-state index contributed by atoms with van der Waals surface area (Å²) in [7, 11) is 0. The van der Waals surface area contributed by atoms with Gasteiger partial charge in [-0.2, -0.15) is 0 Å². The van der Waals surface area contributed by atoms with Gasteiger partial charge in [-0.3, -0.25) is 4.79 Å². The first-order chi connectivity index (χ1) is 11.2. The third kappa shape index (κ3) is 3.79. The summed E-state index contributed by atoms with van der Waals surface area (Å²) in [6, 6.07) is 10.9. The Morgan fingerprint density at radius 2 is 1.67 bits per heavy atom. The van der Waals surface area contributed by atoms with E-state index in [1.54, 1.807) is 13.8 Å². The van der Waals surface area contributed by atoms with Crippen LogP contribution in [0.4, 0.5) is 8.78 Å². The van der Waals surface area contributed by atoms with Gasteiger partial charge in [0.05, 0.1) is 11.0 Å². The van der Waals surface area contributed by atoms with Crippen LogP contribution in [0.5, 0.6) is 0 Å². The van der Waals surface area contributed by atoms with Gasteiger partial charge in [0, 0.05) is 6.54 Å². The molecule has 2 N–H and O–H groups in total. The predicted molar refractivity (Wildman–Crippen MR) is 88.5 cm³/mol. The number of aliphatic hydroxyl groups is 1. The number of aryl methyl sites for hydroxylation is 1. The number of halogens is 2. The minimum absolute atomic E-state index is 0.272. The van der Waals surface area contributed by atoms with Crippen LogP contribution in [0.2, 0.25) is 0 Å². The average molecular weight is 333 g/mol. The molecule has 128 valence electrons. The van der Waals surface area contributed by atoms with Crippen molar-refractivity contribution >= 4 is 5.91 Å². The number of benzene rings is 2. The second-order valence-electron chi connectivity index (χ2n) is 6.35. The molecule has 0 spiro atoms. The lowest BCUT2D eigenvalue weighted by Gasteiger charge is -2.25. The van der Waals surface area contributed by atoms with Crippen molar-refractivity contribution in [2.75, 3.05) is 6.54 Å². The molecule has 0 fully saturated rings. The Kier molecular flexibility index (Phi) is 5.34. The molecular weight excluding hydrogens is 312 g/mol. The molecule has 3 nitrogen and oxygen atoms in total. The maximum Gasteiger partial charge on any atom is 0.230 e. The number of aliphatic hydroxyl groups excluding tert-OH is 1. The molecule has 0 aliphatic rings. The van der Waals surface area contributed by atoms with Crippen LogP contribution in [0.1, 0.15) is 36.6 Å². The fraction of sp³-hybridized carbons (Fsp3) is 0.316. The van der Waals surface area contributed by atoms with Gasteiger partial charge in [-0.05, 0) is 38.5 Å². The van der Waals surface area contributed by atoms with E-state index in [9.17, 15) is 18.7 Å². The standard InChI is InChI=1S/C19H21F2NO2/c1-12-7-9-13(10-8-12)19(2,3)18(24)22-11-16(23)17-14(20)5-4-6-15(17)21/h4-10,16,23H,11H2,1-3H3,(H,22,24). The Hall–Kier alpha value is -2.27. The topological polar surface area (TPSA) is 49.3 Å². The Bertz CT molecular complexity index is 706. The largest absolute Gasteiger partial charge is 0.386 e. The summed E-state index contributed by atoms with van der Waals surface area (Å²) in [5.41, 5.74) is 0.629. The number of carbonyl (C=O) groups is 1. The van der Waals surface area contributed by atoms with Gasteiger partial charge in [0.15, 0.2) is 0 Å². The van der Waals surface area contributed by atoms with Crippen LogP contribution < -0.4 is 5.32 Å². The van der Waals surface area contributed by atoms with Crippen molar-refractivity contribution in [3.05, 3.63) is 70.8 Å². The average Bonchev–Trinajstić information content (AvgIpc) is 2.52. The van der Waals surface area contributed by atoms with Crippen LogP contribution in [0.15, 0.2) is 42.5 Å². The molecule has 0 aliphatic heterocycles. The highest BCUT2D eigenvalue weighted by Crippen LogP contribution is 2.25. The Morgan fingerprint density at radius 3 is 2.21 bits per heavy atom. The molecule has 1 amide bonds. The summed E-state index contributed by atoms with van der Waals surface area (Å²) in [5, 5.41) is 12.6. The summed E-state index contributed by atoms with van der Waals surface area (Å²) >= 11 is 0. The van der Waals surface area contributed by atoms with Gasteiger partial charge >= 0.3 is 0 Å². The number of amides is 1. The molecule has 2 rings (SSSR count). The van der Waals surface area contributed by atoms with Crippen molar-refractivity contribution < 1.29 is 18.7 Å². The molecule has 0 saturated carbocycles. The molecule has 0 radical (unpaired) electrons. The Labute approximate surface area is 140 Å². The maximum atomic E-state index is 13.6. The lowest BCUT2D eigenvalue weighted by molar-refractivity contribution is -0.126. The smallest absolute Gasteiger partial charge is 0.230 e. The van der Waals surface area contributed by atoms with Crippen molar-refractivity contribution in [2.24, 2.45) is 0 Å². The van der Waals surface area contributed by atoms with Crippen molar-refractivity contribution in [3.63, 3.8) is 0 Å². The lowest BCUT2D eigenvalue weighted by Crippen LogP contribution is -2.41. The first kappa shape index (κ1) is 18.1. The molecule has 0 aliphatic carbocycles. The first-order valence-electron chi connectivity index (χ1n) is 7.71. The quantitative estimate of drug-likeness (QED) is 0.881. The zero-order chi connectivity index (χ0) is 17.9. The van der Waals surface area contributed by atoms with E-state index >= 15 is 0 Å². The van der Waals surface area contributed by atoms with Crippen molar-refractivity contribution in [1.82, 2.24) is 5.32 Å². The Balaban J connectivity index is 2.08. The number of carbonyl (C=O) groups excluding carboxylic acids is 1. The number of nitrogens with one attached hydrogen (secondary N) is 1. The van der Waals surface area contributed by atoms with E-state index in [0.29, 0.717) is 0 Å². The summed E-state index contributed by atoms with van der Waals surface area (Å²) in [6.07, 6.45) is -1.45. The lowest BCUT2D eigenvalue weighted by atomic mass is 9.83. The van der Waals surface area contributed by atoms with E-state index in [0.717, 1.165) is 23.3 Å². The highest BCUT2D eigenvalue weighted by Gasteiger charge is 2.30. The second-order valence-corrected chi connectivity index (χ2v) is 6.35. The summed E-state index contributed by atoms with van der Waals surface area (Å²) in [6.45, 7) is 5.19. The molecule has 0 bridgehead atoms. The predicted octanol–water partition coefficient (Wildman–Crippen LogP) is 3.40. The van der Waals surface area contributed by atoms with Crippen LogP contribution >= 0.6 is 0 Å². The normalized spacial score (nSPS) is 12.8. The van der Waals surface area contributed by atoms with Crippen LogP contribution in [0.3, 0.4) is 0 Å². The minimum atomic E-state index is -1.45.